The van der Waals surface area contributed by atoms with E-state index in [1.54, 1.807) is 0 Å². The van der Waals surface area contributed by atoms with E-state index >= 15 is 0 Å². The zero-order valence-corrected chi connectivity index (χ0v) is 25.1. The minimum atomic E-state index is -0.218. The molecule has 43 heavy (non-hydrogen) atoms. The normalized spacial score (nSPS) is 28.4. The fourth-order valence-corrected chi connectivity index (χ4v) is 8.56. The number of nitrogens with one attached hydrogen (secondary N) is 4. The van der Waals surface area contributed by atoms with Crippen LogP contribution in [0, 0.1) is 18.8 Å². The number of benzene rings is 2. The van der Waals surface area contributed by atoms with E-state index in [1.807, 2.05) is 65.3 Å². The van der Waals surface area contributed by atoms with Crippen LogP contribution in [0.3, 0.4) is 0 Å². The smallest absolute Gasteiger partial charge is 0.326 e. The standard InChI is InChI=1S/C32H38N6O4S/c1-19-16-23(42-22-7-3-2-4-8-22)9-10-24(19)38-25-12-14-34-30-26(25)27(36-32(38)41)28(43-30)29(39)35-21-6-5-15-37(18-21)31(40)20-11-13-33-17-20/h2-4,7-10,16,20-21,25-26,30,33-34H,5-6,11-15,17-18H2,1H3,(H,35,39)(H,36,41)/t20-,21-,25?,26?,30?/m1/s1. The first kappa shape index (κ1) is 28.2. The molecule has 0 aliphatic carbocycles. The van der Waals surface area contributed by atoms with Crippen molar-refractivity contribution in [3.05, 3.63) is 64.7 Å². The van der Waals surface area contributed by atoms with Gasteiger partial charge >= 0.3 is 6.03 Å². The van der Waals surface area contributed by atoms with E-state index in [2.05, 4.69) is 21.3 Å². The number of rotatable bonds is 6. The van der Waals surface area contributed by atoms with E-state index in [4.69, 9.17) is 4.74 Å². The molecule has 11 heteroatoms. The molecule has 5 atom stereocenters. The summed E-state index contributed by atoms with van der Waals surface area (Å²) in [7, 11) is 0. The van der Waals surface area contributed by atoms with Crippen molar-refractivity contribution >= 4 is 35.3 Å². The van der Waals surface area contributed by atoms with Gasteiger partial charge in [0.2, 0.25) is 5.91 Å². The van der Waals surface area contributed by atoms with E-state index in [1.165, 1.54) is 11.8 Å². The van der Waals surface area contributed by atoms with Crippen molar-refractivity contribution in [2.45, 2.75) is 50.1 Å². The van der Waals surface area contributed by atoms with Crippen molar-refractivity contribution in [1.82, 2.24) is 26.2 Å². The van der Waals surface area contributed by atoms with Crippen LogP contribution in [0.4, 0.5) is 10.5 Å². The highest BCUT2D eigenvalue weighted by Crippen LogP contribution is 2.48. The van der Waals surface area contributed by atoms with Crippen molar-refractivity contribution in [1.29, 1.82) is 0 Å². The van der Waals surface area contributed by atoms with Gasteiger partial charge in [0.1, 0.15) is 11.5 Å². The number of urea groups is 1. The highest BCUT2D eigenvalue weighted by atomic mass is 32.2. The third-order valence-electron chi connectivity index (χ3n) is 9.23. The highest BCUT2D eigenvalue weighted by molar-refractivity contribution is 8.04. The van der Waals surface area contributed by atoms with Crippen molar-refractivity contribution in [3.63, 3.8) is 0 Å². The maximum atomic E-state index is 13.7. The minimum absolute atomic E-state index is 0.00195. The first-order valence-electron chi connectivity index (χ1n) is 15.3. The number of thioether (sulfide) groups is 1. The summed E-state index contributed by atoms with van der Waals surface area (Å²) in [5.74, 6) is 1.50. The average molecular weight is 603 g/mol. The largest absolute Gasteiger partial charge is 0.457 e. The zero-order chi connectivity index (χ0) is 29.5. The molecule has 4 saturated heterocycles. The predicted octanol–water partition coefficient (Wildman–Crippen LogP) is 3.30. The lowest BCUT2D eigenvalue weighted by Gasteiger charge is -2.46. The monoisotopic (exact) mass is 602 g/mol. The van der Waals surface area contributed by atoms with Crippen molar-refractivity contribution in [2.24, 2.45) is 11.8 Å². The summed E-state index contributed by atoms with van der Waals surface area (Å²) in [5.41, 5.74) is 2.50. The Balaban J connectivity index is 1.07. The molecule has 5 aliphatic heterocycles. The Hall–Kier alpha value is -3.54. The van der Waals surface area contributed by atoms with Crippen LogP contribution in [0.25, 0.3) is 0 Å². The molecule has 4 amide bonds. The maximum Gasteiger partial charge on any atom is 0.326 e. The van der Waals surface area contributed by atoms with E-state index in [9.17, 15) is 14.4 Å². The predicted molar refractivity (Wildman–Crippen MR) is 166 cm³/mol. The molecule has 4 fully saturated rings. The number of para-hydroxylation sites is 1. The fraction of sp³-hybridized carbons (Fsp3) is 0.469. The van der Waals surface area contributed by atoms with Crippen molar-refractivity contribution < 1.29 is 19.1 Å². The molecular formula is C32H38N6O4S. The lowest BCUT2D eigenvalue weighted by molar-refractivity contribution is -0.136. The summed E-state index contributed by atoms with van der Waals surface area (Å²) in [5, 5.41) is 13.2. The van der Waals surface area contributed by atoms with E-state index < -0.39 is 0 Å². The Kier molecular flexibility index (Phi) is 7.79. The second-order valence-electron chi connectivity index (χ2n) is 12.1. The molecule has 226 valence electrons. The van der Waals surface area contributed by atoms with Crippen LogP contribution in [-0.2, 0) is 9.59 Å². The SMILES string of the molecule is Cc1cc(Oc2ccccc2)ccc1N1C(=O)NC2=C(C(=O)N[C@@H]3CCCN(C(=O)[C@@H]4CCNC4)C3)SC3NCCC1C23. The van der Waals surface area contributed by atoms with Gasteiger partial charge in [-0.25, -0.2) is 4.79 Å². The summed E-state index contributed by atoms with van der Waals surface area (Å²) in [4.78, 5) is 44.8. The molecule has 5 heterocycles. The van der Waals surface area contributed by atoms with Gasteiger partial charge in [0.05, 0.1) is 22.2 Å². The van der Waals surface area contributed by atoms with Crippen molar-refractivity contribution in [3.8, 4) is 11.5 Å². The Morgan fingerprint density at radius 2 is 1.91 bits per heavy atom. The summed E-state index contributed by atoms with van der Waals surface area (Å²) >= 11 is 1.51. The molecule has 2 aromatic rings. The molecule has 3 unspecified atom stereocenters. The number of likely N-dealkylation sites (tertiary alicyclic amines) is 1. The number of anilines is 1. The quantitative estimate of drug-likeness (QED) is 0.401. The van der Waals surface area contributed by atoms with Gasteiger partial charge in [-0.1, -0.05) is 30.0 Å². The third-order valence-corrected chi connectivity index (χ3v) is 10.6. The maximum absolute atomic E-state index is 13.7. The number of hydrogen-bond acceptors (Lipinski definition) is 7. The number of piperidine rings is 2. The van der Waals surface area contributed by atoms with Gasteiger partial charge in [-0.2, -0.15) is 0 Å². The van der Waals surface area contributed by atoms with Gasteiger partial charge in [0, 0.05) is 43.0 Å². The molecule has 2 aromatic carbocycles. The number of carbonyl (C=O) groups excluding carboxylic acids is 3. The van der Waals surface area contributed by atoms with Gasteiger partial charge in [-0.15, -0.1) is 0 Å². The van der Waals surface area contributed by atoms with E-state index in [0.29, 0.717) is 22.9 Å². The second-order valence-corrected chi connectivity index (χ2v) is 13.2. The fourth-order valence-electron chi connectivity index (χ4n) is 7.16. The number of ether oxygens (including phenoxy) is 1. The number of aryl methyl sites for hydroxylation is 1. The van der Waals surface area contributed by atoms with Crippen LogP contribution >= 0.6 is 11.8 Å². The van der Waals surface area contributed by atoms with Crippen LogP contribution < -0.4 is 30.9 Å². The Morgan fingerprint density at radius 1 is 1.05 bits per heavy atom. The van der Waals surface area contributed by atoms with E-state index in [-0.39, 0.29) is 47.1 Å². The molecule has 7 rings (SSSR count). The summed E-state index contributed by atoms with van der Waals surface area (Å²) in [6.45, 7) is 5.64. The average Bonchev–Trinajstić information content (AvgIpc) is 3.68. The molecule has 10 nitrogen and oxygen atoms in total. The second kappa shape index (κ2) is 11.9. The number of carbonyl (C=O) groups is 3. The molecule has 0 saturated carbocycles. The number of hydrogen-bond donors (Lipinski definition) is 4. The van der Waals surface area contributed by atoms with Gasteiger partial charge in [-0.3, -0.25) is 14.5 Å². The first-order chi connectivity index (χ1) is 21.0. The summed E-state index contributed by atoms with van der Waals surface area (Å²) < 4.78 is 6.02. The summed E-state index contributed by atoms with van der Waals surface area (Å²) in [6, 6.07) is 15.0. The third kappa shape index (κ3) is 5.49. The lowest BCUT2D eigenvalue weighted by atomic mass is 9.86. The minimum Gasteiger partial charge on any atom is -0.457 e. The molecule has 0 aromatic heterocycles. The topological polar surface area (TPSA) is 115 Å². The first-order valence-corrected chi connectivity index (χ1v) is 16.2. The zero-order valence-electron chi connectivity index (χ0n) is 24.3. The van der Waals surface area contributed by atoms with Crippen LogP contribution in [-0.4, -0.2) is 72.9 Å². The summed E-state index contributed by atoms with van der Waals surface area (Å²) in [6.07, 6.45) is 3.36. The van der Waals surface area contributed by atoms with Gasteiger partial charge < -0.3 is 30.9 Å². The molecule has 4 N–H and O–H groups in total. The molecular weight excluding hydrogens is 564 g/mol. The molecule has 0 bridgehead atoms. The molecule has 5 aliphatic rings. The lowest BCUT2D eigenvalue weighted by Crippen LogP contribution is -2.62. The van der Waals surface area contributed by atoms with Gasteiger partial charge in [-0.05, 0) is 81.6 Å². The molecule has 0 spiro atoms. The molecule has 0 radical (unpaired) electrons. The van der Waals surface area contributed by atoms with E-state index in [0.717, 1.165) is 68.9 Å². The van der Waals surface area contributed by atoms with Gasteiger partial charge in [0.15, 0.2) is 0 Å². The van der Waals surface area contributed by atoms with Crippen LogP contribution in [0.5, 0.6) is 11.5 Å². The Morgan fingerprint density at radius 3 is 2.70 bits per heavy atom. The highest BCUT2D eigenvalue weighted by Gasteiger charge is 2.52. The Bertz CT molecular complexity index is 1440. The Labute approximate surface area is 256 Å². The number of amides is 4. The van der Waals surface area contributed by atoms with Gasteiger partial charge in [0.25, 0.3) is 5.91 Å². The number of nitrogens with zero attached hydrogens (tertiary/aromatic N) is 2. The van der Waals surface area contributed by atoms with Crippen LogP contribution in [0.15, 0.2) is 59.1 Å². The van der Waals surface area contributed by atoms with Crippen LogP contribution in [0.2, 0.25) is 0 Å². The van der Waals surface area contributed by atoms with Crippen molar-refractivity contribution in [2.75, 3.05) is 37.6 Å². The van der Waals surface area contributed by atoms with Crippen LogP contribution in [0.1, 0.15) is 31.2 Å².